The van der Waals surface area contributed by atoms with Gasteiger partial charge in [-0.3, -0.25) is 0 Å². The summed E-state index contributed by atoms with van der Waals surface area (Å²) in [4.78, 5) is 19.6. The normalized spacial score (nSPS) is 21.1. The molecule has 0 radical (unpaired) electrons. The van der Waals surface area contributed by atoms with Crippen molar-refractivity contribution in [3.05, 3.63) is 12.2 Å². The van der Waals surface area contributed by atoms with Crippen LogP contribution in [0.3, 0.4) is 0 Å². The van der Waals surface area contributed by atoms with E-state index in [1.165, 1.54) is 6.39 Å². The molecule has 1 saturated heterocycles. The Morgan fingerprint density at radius 3 is 2.94 bits per heavy atom. The monoisotopic (exact) mass is 238 g/mol. The smallest absolute Gasteiger partial charge is 0.320 e. The van der Waals surface area contributed by atoms with Crippen molar-refractivity contribution in [3.63, 3.8) is 0 Å². The number of carbonyl (C=O) groups excluding carboxylic acids is 1. The van der Waals surface area contributed by atoms with Crippen LogP contribution in [0.2, 0.25) is 0 Å². The van der Waals surface area contributed by atoms with Gasteiger partial charge in [0.1, 0.15) is 0 Å². The first-order valence-electron chi connectivity index (χ1n) is 5.94. The van der Waals surface area contributed by atoms with E-state index in [1.54, 1.807) is 19.0 Å². The maximum atomic E-state index is 12.1. The van der Waals surface area contributed by atoms with Gasteiger partial charge in [0.2, 0.25) is 6.39 Å². The Kier molecular flexibility index (Phi) is 3.61. The van der Waals surface area contributed by atoms with E-state index in [1.807, 2.05) is 4.90 Å². The minimum Gasteiger partial charge on any atom is -0.343 e. The lowest BCUT2D eigenvalue weighted by molar-refractivity contribution is 0.146. The molecule has 1 aliphatic rings. The summed E-state index contributed by atoms with van der Waals surface area (Å²) in [7, 11) is 3.53. The minimum absolute atomic E-state index is 0.0155. The first-order valence-corrected chi connectivity index (χ1v) is 5.94. The zero-order valence-corrected chi connectivity index (χ0v) is 10.3. The van der Waals surface area contributed by atoms with E-state index < -0.39 is 0 Å². The molecule has 0 spiro atoms. The fraction of sp³-hybridized carbons (Fsp3) is 0.727. The highest BCUT2D eigenvalue weighted by molar-refractivity contribution is 5.74. The first-order chi connectivity index (χ1) is 8.20. The van der Waals surface area contributed by atoms with E-state index in [2.05, 4.69) is 10.1 Å². The second kappa shape index (κ2) is 5.16. The Labute approximate surface area is 101 Å². The minimum atomic E-state index is -0.0499. The molecular formula is C11H18N4O2. The number of urea groups is 1. The van der Waals surface area contributed by atoms with Crippen molar-refractivity contribution >= 4 is 6.03 Å². The third-order valence-corrected chi connectivity index (χ3v) is 3.06. The first kappa shape index (κ1) is 11.9. The van der Waals surface area contributed by atoms with Crippen molar-refractivity contribution in [1.29, 1.82) is 0 Å². The maximum Gasteiger partial charge on any atom is 0.320 e. The van der Waals surface area contributed by atoms with Crippen molar-refractivity contribution in [3.8, 4) is 0 Å². The van der Waals surface area contributed by atoms with E-state index in [-0.39, 0.29) is 12.1 Å². The van der Waals surface area contributed by atoms with Crippen LogP contribution in [0.1, 0.15) is 37.5 Å². The number of rotatable bonds is 1. The third-order valence-electron chi connectivity index (χ3n) is 3.06. The number of hydrogen-bond acceptors (Lipinski definition) is 4. The number of hydrogen-bond donors (Lipinski definition) is 0. The van der Waals surface area contributed by atoms with Gasteiger partial charge in [-0.15, -0.1) is 0 Å². The van der Waals surface area contributed by atoms with Crippen molar-refractivity contribution < 1.29 is 9.32 Å². The summed E-state index contributed by atoms with van der Waals surface area (Å²) in [6.07, 6.45) is 5.49. The van der Waals surface area contributed by atoms with Crippen LogP contribution in [-0.2, 0) is 0 Å². The van der Waals surface area contributed by atoms with Crippen LogP contribution in [0.15, 0.2) is 10.9 Å². The molecular weight excluding hydrogens is 220 g/mol. The van der Waals surface area contributed by atoms with Gasteiger partial charge in [-0.2, -0.15) is 4.98 Å². The molecule has 6 nitrogen and oxygen atoms in total. The molecule has 2 heterocycles. The van der Waals surface area contributed by atoms with Crippen molar-refractivity contribution in [2.24, 2.45) is 0 Å². The molecule has 94 valence electrons. The second-order valence-corrected chi connectivity index (χ2v) is 4.52. The average Bonchev–Trinajstić information content (AvgIpc) is 2.72. The second-order valence-electron chi connectivity index (χ2n) is 4.52. The highest BCUT2D eigenvalue weighted by Gasteiger charge is 2.30. The van der Waals surface area contributed by atoms with Crippen molar-refractivity contribution in [2.75, 3.05) is 20.6 Å². The van der Waals surface area contributed by atoms with Crippen molar-refractivity contribution in [2.45, 2.75) is 31.7 Å². The van der Waals surface area contributed by atoms with Crippen LogP contribution in [0.25, 0.3) is 0 Å². The molecule has 2 amide bonds. The van der Waals surface area contributed by atoms with Gasteiger partial charge < -0.3 is 14.3 Å². The van der Waals surface area contributed by atoms with Crippen LogP contribution in [0, 0.1) is 0 Å². The van der Waals surface area contributed by atoms with Crippen LogP contribution in [0.5, 0.6) is 0 Å². The maximum absolute atomic E-state index is 12.1. The third kappa shape index (κ3) is 2.57. The van der Waals surface area contributed by atoms with Gasteiger partial charge in [-0.25, -0.2) is 4.79 Å². The van der Waals surface area contributed by atoms with E-state index in [0.29, 0.717) is 5.82 Å². The summed E-state index contributed by atoms with van der Waals surface area (Å²) >= 11 is 0. The molecule has 1 unspecified atom stereocenters. The van der Waals surface area contributed by atoms with Crippen molar-refractivity contribution in [1.82, 2.24) is 19.9 Å². The molecule has 1 aromatic rings. The zero-order chi connectivity index (χ0) is 12.3. The van der Waals surface area contributed by atoms with Gasteiger partial charge in [0, 0.05) is 20.6 Å². The molecule has 0 saturated carbocycles. The molecule has 0 aromatic carbocycles. The Morgan fingerprint density at radius 2 is 2.29 bits per heavy atom. The summed E-state index contributed by atoms with van der Waals surface area (Å²) in [5.74, 6) is 0.613. The quantitative estimate of drug-likeness (QED) is 0.746. The average molecular weight is 238 g/mol. The molecule has 2 rings (SSSR count). The zero-order valence-electron chi connectivity index (χ0n) is 10.3. The Hall–Kier alpha value is -1.59. The standard InChI is InChI=1S/C11H18N4O2/c1-14(2)11(16)15-7-5-3-4-6-9(15)10-12-8-17-13-10/h8-9H,3-7H2,1-2H3. The predicted octanol–water partition coefficient (Wildman–Crippen LogP) is 1.67. The Morgan fingerprint density at radius 1 is 1.47 bits per heavy atom. The van der Waals surface area contributed by atoms with Gasteiger partial charge in [0.05, 0.1) is 6.04 Å². The topological polar surface area (TPSA) is 62.5 Å². The fourth-order valence-electron chi connectivity index (χ4n) is 2.19. The lowest BCUT2D eigenvalue weighted by Crippen LogP contribution is -2.41. The summed E-state index contributed by atoms with van der Waals surface area (Å²) in [5.41, 5.74) is 0. The van der Waals surface area contributed by atoms with Crippen LogP contribution in [0.4, 0.5) is 4.79 Å². The van der Waals surface area contributed by atoms with Gasteiger partial charge in [-0.1, -0.05) is 18.0 Å². The number of likely N-dealkylation sites (tertiary alicyclic amines) is 1. The lowest BCUT2D eigenvalue weighted by atomic mass is 10.1. The fourth-order valence-corrected chi connectivity index (χ4v) is 2.19. The molecule has 1 aliphatic heterocycles. The van der Waals surface area contributed by atoms with Gasteiger partial charge in [-0.05, 0) is 12.8 Å². The molecule has 0 aliphatic carbocycles. The number of nitrogens with zero attached hydrogens (tertiary/aromatic N) is 4. The van der Waals surface area contributed by atoms with Crippen LogP contribution < -0.4 is 0 Å². The summed E-state index contributed by atoms with van der Waals surface area (Å²) in [5, 5.41) is 3.88. The Balaban J connectivity index is 2.21. The highest BCUT2D eigenvalue weighted by Crippen LogP contribution is 2.28. The number of amides is 2. The van der Waals surface area contributed by atoms with Gasteiger partial charge in [0.25, 0.3) is 0 Å². The van der Waals surface area contributed by atoms with E-state index >= 15 is 0 Å². The molecule has 0 bridgehead atoms. The molecule has 6 heteroatoms. The molecule has 1 aromatic heterocycles. The summed E-state index contributed by atoms with van der Waals surface area (Å²) < 4.78 is 4.78. The van der Waals surface area contributed by atoms with Gasteiger partial charge >= 0.3 is 6.03 Å². The predicted molar refractivity (Wildman–Crippen MR) is 61.3 cm³/mol. The molecule has 1 atom stereocenters. The molecule has 1 fully saturated rings. The molecule has 0 N–H and O–H groups in total. The highest BCUT2D eigenvalue weighted by atomic mass is 16.5. The van der Waals surface area contributed by atoms with E-state index in [4.69, 9.17) is 4.52 Å². The number of carbonyl (C=O) groups is 1. The summed E-state index contributed by atoms with van der Waals surface area (Å²) in [6.45, 7) is 0.760. The van der Waals surface area contributed by atoms with E-state index in [9.17, 15) is 4.79 Å². The van der Waals surface area contributed by atoms with Crippen LogP contribution in [-0.4, -0.2) is 46.6 Å². The van der Waals surface area contributed by atoms with Gasteiger partial charge in [0.15, 0.2) is 5.82 Å². The van der Waals surface area contributed by atoms with E-state index in [0.717, 1.165) is 32.2 Å². The molecule has 17 heavy (non-hydrogen) atoms. The van der Waals surface area contributed by atoms with Crippen LogP contribution >= 0.6 is 0 Å². The largest absolute Gasteiger partial charge is 0.343 e. The SMILES string of the molecule is CN(C)C(=O)N1CCCCCC1c1ncon1. The Bertz CT molecular complexity index is 364. The summed E-state index contributed by atoms with van der Waals surface area (Å²) in [6, 6.07) is -0.0344. The number of aromatic nitrogens is 2. The lowest BCUT2D eigenvalue weighted by Gasteiger charge is -2.30.